The van der Waals surface area contributed by atoms with Crippen LogP contribution in [0.1, 0.15) is 60.1 Å². The van der Waals surface area contributed by atoms with Crippen LogP contribution in [0.2, 0.25) is 0 Å². The largest absolute Gasteiger partial charge is 0.469 e. The van der Waals surface area contributed by atoms with Gasteiger partial charge >= 0.3 is 18.3 Å². The lowest BCUT2D eigenvalue weighted by atomic mass is 9.69. The molecule has 0 amide bonds. The molecule has 2 nitrogen and oxygen atoms in total. The predicted molar refractivity (Wildman–Crippen MR) is 147 cm³/mol. The second-order valence-corrected chi connectivity index (χ2v) is 10.1. The zero-order valence-electron chi connectivity index (χ0n) is 23.6. The van der Waals surface area contributed by atoms with E-state index in [1.165, 1.54) is 19.1 Å². The number of halogens is 6. The summed E-state index contributed by atoms with van der Waals surface area (Å²) in [7, 11) is 1.35. The fourth-order valence-corrected chi connectivity index (χ4v) is 5.16. The van der Waals surface area contributed by atoms with Gasteiger partial charge in [0.2, 0.25) is 5.92 Å². The van der Waals surface area contributed by atoms with Crippen LogP contribution in [-0.4, -0.2) is 25.4 Å². The molecule has 0 unspecified atom stereocenters. The van der Waals surface area contributed by atoms with Crippen molar-refractivity contribution in [2.45, 2.75) is 64.7 Å². The molecule has 0 saturated carbocycles. The molecule has 0 aliphatic carbocycles. The highest BCUT2D eigenvalue weighted by Crippen LogP contribution is 2.42. The highest BCUT2D eigenvalue weighted by atomic mass is 19.4. The summed E-state index contributed by atoms with van der Waals surface area (Å²) in [4.78, 5) is 11.6. The summed E-state index contributed by atoms with van der Waals surface area (Å²) in [5, 5.41) is 0. The minimum atomic E-state index is -5.51. The van der Waals surface area contributed by atoms with Crippen molar-refractivity contribution in [1.82, 2.24) is 0 Å². The molecule has 0 atom stereocenters. The fraction of sp³-hybridized carbons (Fsp3) is 0.364. The monoisotopic (exact) mass is 574 g/mol. The normalized spacial score (nSPS) is 12.2. The van der Waals surface area contributed by atoms with Gasteiger partial charge in [-0.2, -0.15) is 26.3 Å². The number of hydrogen-bond donors (Lipinski definition) is 0. The van der Waals surface area contributed by atoms with Gasteiger partial charge in [0.1, 0.15) is 0 Å². The van der Waals surface area contributed by atoms with Crippen molar-refractivity contribution in [3.63, 3.8) is 0 Å². The van der Waals surface area contributed by atoms with E-state index in [-0.39, 0.29) is 18.0 Å². The first-order valence-corrected chi connectivity index (χ1v) is 13.2. The van der Waals surface area contributed by atoms with Crippen LogP contribution in [0.25, 0.3) is 11.1 Å². The number of alkyl halides is 6. The van der Waals surface area contributed by atoms with Crippen molar-refractivity contribution in [3.8, 4) is 23.0 Å². The summed E-state index contributed by atoms with van der Waals surface area (Å²) in [6.07, 6.45) is -9.38. The Balaban J connectivity index is 1.97. The summed E-state index contributed by atoms with van der Waals surface area (Å²) in [6.45, 7) is 7.75. The van der Waals surface area contributed by atoms with Gasteiger partial charge in [0, 0.05) is 11.0 Å². The fourth-order valence-electron chi connectivity index (χ4n) is 5.16. The Kier molecular flexibility index (Phi) is 9.63. The van der Waals surface area contributed by atoms with Gasteiger partial charge < -0.3 is 4.74 Å². The van der Waals surface area contributed by atoms with Crippen molar-refractivity contribution in [1.29, 1.82) is 0 Å². The van der Waals surface area contributed by atoms with Gasteiger partial charge in [0.25, 0.3) is 0 Å². The third-order valence-corrected chi connectivity index (χ3v) is 7.61. The van der Waals surface area contributed by atoms with Crippen LogP contribution in [0.15, 0.2) is 60.7 Å². The van der Waals surface area contributed by atoms with Crippen molar-refractivity contribution >= 4 is 5.97 Å². The molecular formula is C33H32F6O2. The molecule has 0 aromatic heterocycles. The van der Waals surface area contributed by atoms with Gasteiger partial charge in [-0.25, -0.2) is 0 Å². The third kappa shape index (κ3) is 7.13. The van der Waals surface area contributed by atoms with Gasteiger partial charge in [-0.3, -0.25) is 4.79 Å². The number of esters is 1. The molecule has 3 aromatic rings. The first kappa shape index (κ1) is 31.8. The Bertz CT molecular complexity index is 1420. The summed E-state index contributed by atoms with van der Waals surface area (Å²) < 4.78 is 82.3. The maximum Gasteiger partial charge on any atom is 0.411 e. The van der Waals surface area contributed by atoms with Gasteiger partial charge in [-0.1, -0.05) is 80.3 Å². The number of carbonyl (C=O) groups excluding carboxylic acids is 1. The number of methoxy groups -OCH3 is 1. The topological polar surface area (TPSA) is 26.3 Å². The molecule has 0 spiro atoms. The number of rotatable bonds is 7. The lowest BCUT2D eigenvalue weighted by molar-refractivity contribution is -0.264. The Labute approximate surface area is 236 Å². The number of aryl methyl sites for hydroxylation is 2. The minimum Gasteiger partial charge on any atom is -0.469 e. The molecule has 0 heterocycles. The van der Waals surface area contributed by atoms with Gasteiger partial charge in [0.05, 0.1) is 13.5 Å². The van der Waals surface area contributed by atoms with Crippen LogP contribution in [0.3, 0.4) is 0 Å². The number of hydrogen-bond acceptors (Lipinski definition) is 2. The average Bonchev–Trinajstić information content (AvgIpc) is 2.90. The summed E-state index contributed by atoms with van der Waals surface area (Å²) >= 11 is 0. The van der Waals surface area contributed by atoms with Gasteiger partial charge in [-0.15, -0.1) is 0 Å². The maximum atomic E-state index is 12.9. The molecule has 0 saturated heterocycles. The minimum absolute atomic E-state index is 0.121. The first-order valence-electron chi connectivity index (χ1n) is 13.2. The third-order valence-electron chi connectivity index (χ3n) is 7.61. The van der Waals surface area contributed by atoms with E-state index >= 15 is 0 Å². The molecule has 3 rings (SSSR count). The lowest BCUT2D eigenvalue weighted by Crippen LogP contribution is -2.35. The van der Waals surface area contributed by atoms with E-state index in [2.05, 4.69) is 18.1 Å². The van der Waals surface area contributed by atoms with E-state index in [9.17, 15) is 31.1 Å². The quantitative estimate of drug-likeness (QED) is 0.160. The second-order valence-electron chi connectivity index (χ2n) is 10.1. The molecule has 8 heteroatoms. The summed E-state index contributed by atoms with van der Waals surface area (Å²) in [5.41, 5.74) is 6.08. The molecule has 0 bridgehead atoms. The van der Waals surface area contributed by atoms with Crippen molar-refractivity contribution < 1.29 is 35.9 Å². The van der Waals surface area contributed by atoms with E-state index in [4.69, 9.17) is 4.74 Å². The Morgan fingerprint density at radius 1 is 0.805 bits per heavy atom. The van der Waals surface area contributed by atoms with E-state index in [0.717, 1.165) is 46.2 Å². The molecule has 0 fully saturated rings. The SMILES string of the molecule is CCC(CC)(c1ccc(C#CC(C(F)(F)F)C(F)(F)F)c(C)c1)c1ccc(-c2ccc(CC(=O)OC)cc2)c(C)c1. The molecule has 218 valence electrons. The van der Waals surface area contributed by atoms with E-state index in [1.807, 2.05) is 51.1 Å². The predicted octanol–water partition coefficient (Wildman–Crippen LogP) is 8.88. The standard InChI is InChI=1S/C33H32F6O2/c1-6-31(7-2,26-14-12-24(21(3)18-26)13-17-29(32(34,35)36)33(37,38)39)27-15-16-28(22(4)19-27)25-10-8-23(9-11-25)20-30(40)41-5/h8-12,14-16,18-19,29H,6-7,20H2,1-5H3. The van der Waals surface area contributed by atoms with Gasteiger partial charge in [-0.05, 0) is 71.7 Å². The van der Waals surface area contributed by atoms with E-state index < -0.39 is 23.7 Å². The zero-order chi connectivity index (χ0) is 30.6. The Morgan fingerprint density at radius 3 is 1.80 bits per heavy atom. The van der Waals surface area contributed by atoms with E-state index in [1.54, 1.807) is 19.1 Å². The molecular weight excluding hydrogens is 542 g/mol. The molecule has 0 aliphatic rings. The summed E-state index contributed by atoms with van der Waals surface area (Å²) in [5.74, 6) is -0.499. The Morgan fingerprint density at radius 2 is 1.34 bits per heavy atom. The van der Waals surface area contributed by atoms with Crippen molar-refractivity contribution in [2.75, 3.05) is 7.11 Å². The van der Waals surface area contributed by atoms with Crippen LogP contribution in [0, 0.1) is 31.6 Å². The number of carbonyl (C=O) groups is 1. The van der Waals surface area contributed by atoms with Gasteiger partial charge in [0.15, 0.2) is 0 Å². The molecule has 0 aliphatic heterocycles. The summed E-state index contributed by atoms with van der Waals surface area (Å²) in [6, 6.07) is 18.9. The van der Waals surface area contributed by atoms with Crippen LogP contribution >= 0.6 is 0 Å². The van der Waals surface area contributed by atoms with Crippen LogP contribution in [0.5, 0.6) is 0 Å². The molecule has 0 N–H and O–H groups in total. The highest BCUT2D eigenvalue weighted by Gasteiger charge is 2.56. The second kappa shape index (κ2) is 12.4. The van der Waals surface area contributed by atoms with Crippen molar-refractivity contribution in [2.24, 2.45) is 5.92 Å². The molecule has 0 radical (unpaired) electrons. The molecule has 41 heavy (non-hydrogen) atoms. The number of ether oxygens (including phenoxy) is 1. The molecule has 3 aromatic carbocycles. The van der Waals surface area contributed by atoms with Crippen LogP contribution < -0.4 is 0 Å². The number of benzene rings is 3. The van der Waals surface area contributed by atoms with Crippen LogP contribution in [-0.2, 0) is 21.4 Å². The van der Waals surface area contributed by atoms with E-state index in [0.29, 0.717) is 5.56 Å². The first-order chi connectivity index (χ1) is 19.2. The highest BCUT2D eigenvalue weighted by molar-refractivity contribution is 5.73. The lowest BCUT2D eigenvalue weighted by Gasteiger charge is -2.34. The smallest absolute Gasteiger partial charge is 0.411 e. The van der Waals surface area contributed by atoms with Crippen molar-refractivity contribution in [3.05, 3.63) is 94.0 Å². The zero-order valence-corrected chi connectivity index (χ0v) is 23.6. The van der Waals surface area contributed by atoms with Crippen LogP contribution in [0.4, 0.5) is 26.3 Å². The average molecular weight is 575 g/mol. The Hall–Kier alpha value is -3.73. The maximum absolute atomic E-state index is 12.9.